The molecule has 1 atom stereocenters. The standard InChI is InChI=1S/C17H15BrF2O/c18-14-5-4-12-9-17(21,7-6-11(12)8-14)10-13-2-1-3-15(19)16(13)20/h1-5,8,21H,6-7,9-10H2. The second-order valence-corrected chi connectivity index (χ2v) is 6.62. The van der Waals surface area contributed by atoms with Crippen molar-refractivity contribution in [1.82, 2.24) is 0 Å². The summed E-state index contributed by atoms with van der Waals surface area (Å²) >= 11 is 3.44. The third-order valence-electron chi connectivity index (χ3n) is 4.10. The topological polar surface area (TPSA) is 20.2 Å². The summed E-state index contributed by atoms with van der Waals surface area (Å²) in [6.45, 7) is 0. The van der Waals surface area contributed by atoms with E-state index >= 15 is 0 Å². The zero-order chi connectivity index (χ0) is 15.0. The van der Waals surface area contributed by atoms with Gasteiger partial charge in [-0.2, -0.15) is 0 Å². The van der Waals surface area contributed by atoms with Crippen molar-refractivity contribution in [1.29, 1.82) is 0 Å². The summed E-state index contributed by atoms with van der Waals surface area (Å²) in [5, 5.41) is 10.8. The average Bonchev–Trinajstić information content (AvgIpc) is 2.44. The summed E-state index contributed by atoms with van der Waals surface area (Å²) < 4.78 is 28.1. The Morgan fingerprint density at radius 1 is 1.14 bits per heavy atom. The zero-order valence-corrected chi connectivity index (χ0v) is 13.0. The lowest BCUT2D eigenvalue weighted by atomic mass is 9.77. The fourth-order valence-electron chi connectivity index (χ4n) is 3.00. The van der Waals surface area contributed by atoms with Gasteiger partial charge >= 0.3 is 0 Å². The third kappa shape index (κ3) is 3.01. The highest BCUT2D eigenvalue weighted by Gasteiger charge is 2.33. The normalized spacial score (nSPS) is 21.1. The molecular formula is C17H15BrF2O. The maximum atomic E-state index is 13.8. The lowest BCUT2D eigenvalue weighted by Gasteiger charge is -2.34. The van der Waals surface area contributed by atoms with E-state index in [1.807, 2.05) is 12.1 Å². The second-order valence-electron chi connectivity index (χ2n) is 5.70. The van der Waals surface area contributed by atoms with Crippen molar-refractivity contribution in [2.45, 2.75) is 31.3 Å². The van der Waals surface area contributed by atoms with E-state index < -0.39 is 17.2 Å². The number of hydrogen-bond donors (Lipinski definition) is 1. The van der Waals surface area contributed by atoms with Gasteiger partial charge in [0.15, 0.2) is 11.6 Å². The quantitative estimate of drug-likeness (QED) is 0.859. The monoisotopic (exact) mass is 352 g/mol. The predicted molar refractivity (Wildman–Crippen MR) is 81.2 cm³/mol. The fourth-order valence-corrected chi connectivity index (χ4v) is 3.41. The molecule has 0 bridgehead atoms. The molecule has 21 heavy (non-hydrogen) atoms. The number of hydrogen-bond acceptors (Lipinski definition) is 1. The zero-order valence-electron chi connectivity index (χ0n) is 11.4. The van der Waals surface area contributed by atoms with Crippen molar-refractivity contribution in [3.63, 3.8) is 0 Å². The van der Waals surface area contributed by atoms with Gasteiger partial charge in [0, 0.05) is 17.3 Å². The number of aryl methyl sites for hydroxylation is 1. The number of rotatable bonds is 2. The van der Waals surface area contributed by atoms with Crippen molar-refractivity contribution in [3.8, 4) is 0 Å². The van der Waals surface area contributed by atoms with Crippen LogP contribution >= 0.6 is 15.9 Å². The van der Waals surface area contributed by atoms with Crippen molar-refractivity contribution < 1.29 is 13.9 Å². The molecule has 0 amide bonds. The molecule has 0 spiro atoms. The summed E-state index contributed by atoms with van der Waals surface area (Å²) in [5.74, 6) is -1.72. The largest absolute Gasteiger partial charge is 0.389 e. The average molecular weight is 353 g/mol. The number of halogens is 3. The van der Waals surface area contributed by atoms with Gasteiger partial charge in [0.05, 0.1) is 5.60 Å². The number of benzene rings is 2. The van der Waals surface area contributed by atoms with E-state index in [1.54, 1.807) is 0 Å². The molecule has 0 radical (unpaired) electrons. The molecule has 1 unspecified atom stereocenters. The highest BCUT2D eigenvalue weighted by molar-refractivity contribution is 9.10. The third-order valence-corrected chi connectivity index (χ3v) is 4.59. The Balaban J connectivity index is 1.86. The Morgan fingerprint density at radius 3 is 2.76 bits per heavy atom. The van der Waals surface area contributed by atoms with Crippen LogP contribution in [0.1, 0.15) is 23.1 Å². The van der Waals surface area contributed by atoms with Crippen LogP contribution in [0.25, 0.3) is 0 Å². The van der Waals surface area contributed by atoms with Gasteiger partial charge in [-0.25, -0.2) is 8.78 Å². The molecule has 3 rings (SSSR count). The Hall–Kier alpha value is -1.26. The first-order valence-electron chi connectivity index (χ1n) is 6.89. The van der Waals surface area contributed by atoms with Crippen LogP contribution in [0.3, 0.4) is 0 Å². The molecular weight excluding hydrogens is 338 g/mol. The molecule has 0 fully saturated rings. The van der Waals surface area contributed by atoms with E-state index in [1.165, 1.54) is 17.7 Å². The van der Waals surface area contributed by atoms with Crippen LogP contribution in [0.4, 0.5) is 8.78 Å². The van der Waals surface area contributed by atoms with Crippen LogP contribution in [-0.2, 0) is 19.3 Å². The van der Waals surface area contributed by atoms with Crippen LogP contribution in [0.15, 0.2) is 40.9 Å². The summed E-state index contributed by atoms with van der Waals surface area (Å²) in [4.78, 5) is 0. The first kappa shape index (κ1) is 14.7. The molecule has 4 heteroatoms. The van der Waals surface area contributed by atoms with E-state index in [-0.39, 0.29) is 12.0 Å². The SMILES string of the molecule is OC1(Cc2cccc(F)c2F)CCc2cc(Br)ccc2C1. The van der Waals surface area contributed by atoms with Gasteiger partial charge in [-0.1, -0.05) is 34.1 Å². The molecule has 0 saturated carbocycles. The minimum Gasteiger partial charge on any atom is -0.389 e. The first-order chi connectivity index (χ1) is 9.97. The smallest absolute Gasteiger partial charge is 0.162 e. The Kier molecular flexibility index (Phi) is 3.84. The summed E-state index contributed by atoms with van der Waals surface area (Å²) in [6.07, 6.45) is 1.88. The van der Waals surface area contributed by atoms with Gasteiger partial charge in [-0.3, -0.25) is 0 Å². The lowest BCUT2D eigenvalue weighted by molar-refractivity contribution is 0.0258. The van der Waals surface area contributed by atoms with E-state index in [0.717, 1.165) is 22.5 Å². The number of aliphatic hydroxyl groups is 1. The van der Waals surface area contributed by atoms with E-state index in [9.17, 15) is 13.9 Å². The number of fused-ring (bicyclic) bond motifs is 1. The molecule has 0 heterocycles. The van der Waals surface area contributed by atoms with E-state index in [4.69, 9.17) is 0 Å². The van der Waals surface area contributed by atoms with Gasteiger partial charge in [-0.05, 0) is 47.7 Å². The minimum absolute atomic E-state index is 0.131. The molecule has 2 aromatic carbocycles. The molecule has 0 saturated heterocycles. The fraction of sp³-hybridized carbons (Fsp3) is 0.294. The Bertz CT molecular complexity index is 686. The van der Waals surface area contributed by atoms with Crippen LogP contribution in [0.5, 0.6) is 0 Å². The molecule has 110 valence electrons. The van der Waals surface area contributed by atoms with E-state index in [2.05, 4.69) is 22.0 Å². The molecule has 0 aromatic heterocycles. The van der Waals surface area contributed by atoms with Crippen molar-refractivity contribution in [3.05, 3.63) is 69.2 Å². The minimum atomic E-state index is -1.02. The molecule has 1 aliphatic rings. The van der Waals surface area contributed by atoms with Crippen molar-refractivity contribution in [2.24, 2.45) is 0 Å². The summed E-state index contributed by atoms with van der Waals surface area (Å²) in [7, 11) is 0. The van der Waals surface area contributed by atoms with Crippen LogP contribution in [0, 0.1) is 11.6 Å². The van der Waals surface area contributed by atoms with Crippen molar-refractivity contribution >= 4 is 15.9 Å². The summed E-state index contributed by atoms with van der Waals surface area (Å²) in [6, 6.07) is 10.1. The Morgan fingerprint density at radius 2 is 1.95 bits per heavy atom. The van der Waals surface area contributed by atoms with Crippen LogP contribution in [0.2, 0.25) is 0 Å². The molecule has 1 aliphatic carbocycles. The van der Waals surface area contributed by atoms with Gasteiger partial charge in [0.25, 0.3) is 0 Å². The van der Waals surface area contributed by atoms with Gasteiger partial charge < -0.3 is 5.11 Å². The molecule has 1 nitrogen and oxygen atoms in total. The van der Waals surface area contributed by atoms with Gasteiger partial charge in [0.2, 0.25) is 0 Å². The Labute approximate surface area is 130 Å². The molecule has 1 N–H and O–H groups in total. The molecule has 2 aromatic rings. The highest BCUT2D eigenvalue weighted by atomic mass is 79.9. The highest BCUT2D eigenvalue weighted by Crippen LogP contribution is 2.33. The predicted octanol–water partition coefficient (Wildman–Crippen LogP) is 4.19. The van der Waals surface area contributed by atoms with Crippen molar-refractivity contribution in [2.75, 3.05) is 0 Å². The maximum absolute atomic E-state index is 13.8. The lowest BCUT2D eigenvalue weighted by Crippen LogP contribution is -2.38. The first-order valence-corrected chi connectivity index (χ1v) is 7.69. The maximum Gasteiger partial charge on any atom is 0.162 e. The summed E-state index contributed by atoms with van der Waals surface area (Å²) in [5.41, 5.74) is 1.49. The van der Waals surface area contributed by atoms with Gasteiger partial charge in [0.1, 0.15) is 0 Å². The van der Waals surface area contributed by atoms with Crippen LogP contribution in [-0.4, -0.2) is 10.7 Å². The molecule has 0 aliphatic heterocycles. The van der Waals surface area contributed by atoms with Crippen LogP contribution < -0.4 is 0 Å². The van der Waals surface area contributed by atoms with E-state index in [0.29, 0.717) is 12.8 Å². The second kappa shape index (κ2) is 5.50. The van der Waals surface area contributed by atoms with Gasteiger partial charge in [-0.15, -0.1) is 0 Å².